The number of ketones is 2. The number of rotatable bonds is 14. The molecule has 6 aliphatic rings. The predicted octanol–water partition coefficient (Wildman–Crippen LogP) is 7.68. The summed E-state index contributed by atoms with van der Waals surface area (Å²) in [4.78, 5) is 148. The summed E-state index contributed by atoms with van der Waals surface area (Å²) in [5, 5.41) is 47.9. The average molecular weight is 1520 g/mol. The smallest absolute Gasteiger partial charge is 0.434 e. The Morgan fingerprint density at radius 3 is 1.61 bits per heavy atom. The maximum Gasteiger partial charge on any atom is 0.434 e. The molecule has 12 atom stereocenters. The van der Waals surface area contributed by atoms with E-state index in [0.717, 1.165) is 38.2 Å². The van der Waals surface area contributed by atoms with Crippen LogP contribution in [0, 0.1) is 22.7 Å². The summed E-state index contributed by atoms with van der Waals surface area (Å²) in [5.74, 6) is -7.35. The number of nitrogens with zero attached hydrogens (tertiary/aromatic N) is 6. The van der Waals surface area contributed by atoms with Gasteiger partial charge < -0.3 is 60.7 Å². The highest BCUT2D eigenvalue weighted by molar-refractivity contribution is 5.98. The molecule has 27 nitrogen and oxygen atoms in total. The van der Waals surface area contributed by atoms with Crippen LogP contribution >= 0.6 is 0 Å². The zero-order chi connectivity index (χ0) is 79.4. The van der Waals surface area contributed by atoms with Crippen molar-refractivity contribution in [2.24, 2.45) is 22.7 Å². The van der Waals surface area contributed by atoms with E-state index in [1.54, 1.807) is 75.2 Å². The Balaban J connectivity index is 0.911. The molecule has 2 fully saturated rings. The molecular formula is C84H103N13O14. The molecule has 588 valence electrons. The van der Waals surface area contributed by atoms with Crippen LogP contribution in [0.2, 0.25) is 0 Å². The second-order valence-electron chi connectivity index (χ2n) is 32.1. The Morgan fingerprint density at radius 2 is 1.10 bits per heavy atom. The van der Waals surface area contributed by atoms with Crippen molar-refractivity contribution < 1.29 is 62.1 Å². The Kier molecular flexibility index (Phi) is 26.2. The van der Waals surface area contributed by atoms with Crippen LogP contribution in [-0.2, 0) is 75.4 Å². The van der Waals surface area contributed by atoms with E-state index in [1.165, 1.54) is 9.80 Å². The highest BCUT2D eigenvalue weighted by Crippen LogP contribution is 2.36. The van der Waals surface area contributed by atoms with Gasteiger partial charge in [-0.25, -0.2) is 14.6 Å². The first-order valence-electron chi connectivity index (χ1n) is 38.3. The van der Waals surface area contributed by atoms with Crippen molar-refractivity contribution in [3.63, 3.8) is 0 Å². The number of carboxylic acid groups (broad SMARTS) is 1. The Bertz CT molecular complexity index is 4710. The number of hydrogen-bond donors (Lipinski definition) is 8. The second kappa shape index (κ2) is 35.8. The van der Waals surface area contributed by atoms with Gasteiger partial charge in [0.2, 0.25) is 41.3 Å². The normalized spacial score (nSPS) is 22.1. The van der Waals surface area contributed by atoms with Crippen molar-refractivity contribution in [2.75, 3.05) is 33.8 Å². The number of aromatic nitrogens is 5. The lowest BCUT2D eigenvalue weighted by molar-refractivity contribution is -0.145. The van der Waals surface area contributed by atoms with Gasteiger partial charge in [-0.2, -0.15) is 0 Å². The maximum absolute atomic E-state index is 15.5. The first kappa shape index (κ1) is 81.1. The molecule has 2 saturated heterocycles. The van der Waals surface area contributed by atoms with Gasteiger partial charge in [-0.05, 0) is 164 Å². The number of benzene rings is 6. The molecule has 0 spiro atoms. The van der Waals surface area contributed by atoms with Crippen LogP contribution < -0.4 is 47.1 Å². The number of aliphatic carboxylic acids is 1. The lowest BCUT2D eigenvalue weighted by Gasteiger charge is -2.36. The standard InChI is InChI=1S/C84H103N13O14/c1-49(85-9)74(100)89-72(83(3,4)5)79(104)95-45-55-17-15-16-34-109-64-30-24-51(25-31-64)35-60(78-92-93-82(108)111-78)42-70(98)66(39-53-22-28-56-18-11-13-20-58(56)37-53)88-77(103)69-44-63(47-96(69)80(105)73(84(6,7)8)90-75(101)50(2)86-10)97-46-62(91-94-97)48-110-65-32-26-52(27-33-65)36-61(81(106)107)43-71(99)67(87-76(102)68(95)41-55)40-54-23-29-57-19-12-14-21-59(57)38-54/h11-14,18-33,37-38,46,49-50,55,60-61,63,66-69,72-73,85-86H,15-17,34-36,39-45,47-48H2,1-10H3,(H,87,102)(H,88,103)(H,89,100)(H,90,101)(H,93,108)(H,106,107)/t49-,50-,55-,60+,61+,63-,66?,67-,68-,69-,72?,73+/m0/s1. The Hall–Kier alpha value is -10.9. The van der Waals surface area contributed by atoms with Crippen molar-refractivity contribution in [1.29, 1.82) is 0 Å². The summed E-state index contributed by atoms with van der Waals surface area (Å²) in [7, 11) is 3.27. The van der Waals surface area contributed by atoms with Gasteiger partial charge in [0.15, 0.2) is 11.6 Å². The molecule has 6 amide bonds. The fraction of sp³-hybridized carbons (Fsp3) is 0.464. The number of carbonyl (C=O) groups excluding carboxylic acids is 8. The van der Waals surface area contributed by atoms with Crippen molar-refractivity contribution >= 4 is 74.5 Å². The molecular weight excluding hydrogens is 1420 g/mol. The lowest BCUT2D eigenvalue weighted by atomic mass is 9.85. The lowest BCUT2D eigenvalue weighted by Crippen LogP contribution is -2.60. The van der Waals surface area contributed by atoms with E-state index in [9.17, 15) is 24.3 Å². The molecule has 2 unspecified atom stereocenters. The number of Topliss-reactive ketones (excluding diaryl/α,β-unsaturated/α-hetero) is 2. The van der Waals surface area contributed by atoms with E-state index in [4.69, 9.17) is 13.9 Å². The number of likely N-dealkylation sites (N-methyl/N-ethyl adjacent to an activating group) is 2. The van der Waals surface area contributed by atoms with Crippen molar-refractivity contribution in [2.45, 2.75) is 193 Å². The van der Waals surface area contributed by atoms with E-state index in [1.807, 2.05) is 139 Å². The van der Waals surface area contributed by atoms with Gasteiger partial charge in [0.05, 0.1) is 48.9 Å². The number of aromatic amines is 1. The minimum Gasteiger partial charge on any atom is -0.494 e. The number of likely N-dealkylation sites (tertiary alicyclic amines) is 2. The number of carbonyl (C=O) groups is 9. The molecule has 0 saturated carbocycles. The minimum atomic E-state index is -1.23. The van der Waals surface area contributed by atoms with Gasteiger partial charge in [-0.3, -0.25) is 43.2 Å². The number of amides is 6. The molecule has 8 N–H and O–H groups in total. The highest BCUT2D eigenvalue weighted by atomic mass is 16.5. The number of carboxylic acids is 1. The molecule has 0 radical (unpaired) electrons. The van der Waals surface area contributed by atoms with Crippen LogP contribution in [0.1, 0.15) is 146 Å². The van der Waals surface area contributed by atoms with Gasteiger partial charge in [-0.1, -0.05) is 156 Å². The molecule has 0 aliphatic carbocycles. The Morgan fingerprint density at radius 1 is 0.595 bits per heavy atom. The number of ether oxygens (including phenoxy) is 2. The summed E-state index contributed by atoms with van der Waals surface area (Å²) in [5.41, 5.74) is 1.49. The van der Waals surface area contributed by atoms with Gasteiger partial charge >= 0.3 is 11.7 Å². The molecule has 6 aliphatic heterocycles. The second-order valence-corrected chi connectivity index (χ2v) is 32.1. The van der Waals surface area contributed by atoms with Crippen LogP contribution in [-0.4, -0.2) is 175 Å². The molecule has 8 aromatic rings. The van der Waals surface area contributed by atoms with Gasteiger partial charge in [0.1, 0.15) is 48.0 Å². The van der Waals surface area contributed by atoms with E-state index in [2.05, 4.69) is 52.4 Å². The number of hydrogen-bond acceptors (Lipinski definition) is 18. The monoisotopic (exact) mass is 1520 g/mol. The molecule has 6 aromatic carbocycles. The number of H-pyrrole nitrogens is 1. The van der Waals surface area contributed by atoms with Crippen LogP contribution in [0.25, 0.3) is 21.5 Å². The minimum absolute atomic E-state index is 0.0149. The van der Waals surface area contributed by atoms with Crippen LogP contribution in [0.5, 0.6) is 11.5 Å². The zero-order valence-corrected chi connectivity index (χ0v) is 64.8. The van der Waals surface area contributed by atoms with Gasteiger partial charge in [-0.15, -0.1) is 10.2 Å². The van der Waals surface area contributed by atoms with Gasteiger partial charge in [0.25, 0.3) is 0 Å². The quantitative estimate of drug-likeness (QED) is 0.0517. The largest absolute Gasteiger partial charge is 0.494 e. The van der Waals surface area contributed by atoms with Crippen LogP contribution in [0.4, 0.5) is 0 Å². The molecule has 27 heteroatoms. The third-order valence-electron chi connectivity index (χ3n) is 21.7. The third-order valence-corrected chi connectivity index (χ3v) is 21.7. The maximum atomic E-state index is 15.5. The molecule has 10 bridgehead atoms. The molecule has 14 rings (SSSR count). The molecule has 111 heavy (non-hydrogen) atoms. The van der Waals surface area contributed by atoms with E-state index >= 15 is 28.8 Å². The average Bonchev–Trinajstić information content (AvgIpc) is 1.65. The van der Waals surface area contributed by atoms with Crippen LogP contribution in [0.3, 0.4) is 0 Å². The SMILES string of the molecule is CN[C@@H](C)C(=O)NC(C(=O)N1C[C@H]2CCCCOc3ccc(cc3)C[C@@H](c3n[nH]c(=O)o3)CC(=O)C(Cc3ccc4ccccc4c3)NC(=O)[C@@H]3C[C@@H](CN3C(=O)[C@@H](NC(=O)[C@H](C)NC)C(C)(C)C)n3cc(nn3)COc3ccc(cc3)C[C@@H](C(=O)O)CC(=O)[C@H](Cc3ccc4ccccc4c3)NC(=O)[C@@H]1C2)C(C)(C)C. The molecule has 8 heterocycles. The number of nitrogens with one attached hydrogen (secondary N) is 7. The summed E-state index contributed by atoms with van der Waals surface area (Å²) in [6, 6.07) is 32.2. The molecule has 2 aromatic heterocycles. The van der Waals surface area contributed by atoms with Crippen molar-refractivity contribution in [3.05, 3.63) is 184 Å². The first-order chi connectivity index (χ1) is 53.0. The Labute approximate surface area is 645 Å². The predicted molar refractivity (Wildman–Crippen MR) is 416 cm³/mol. The van der Waals surface area contributed by atoms with E-state index < -0.39 is 142 Å². The van der Waals surface area contributed by atoms with Crippen LogP contribution in [0.15, 0.2) is 149 Å². The zero-order valence-electron chi connectivity index (χ0n) is 64.8. The summed E-state index contributed by atoms with van der Waals surface area (Å²) in [6.07, 6.45) is 3.15. The van der Waals surface area contributed by atoms with E-state index in [0.29, 0.717) is 48.6 Å². The fourth-order valence-electron chi connectivity index (χ4n) is 14.9. The summed E-state index contributed by atoms with van der Waals surface area (Å²) >= 11 is 0. The van der Waals surface area contributed by atoms with Crippen molar-refractivity contribution in [1.82, 2.24) is 66.9 Å². The summed E-state index contributed by atoms with van der Waals surface area (Å²) < 4.78 is 19.7. The first-order valence-corrected chi connectivity index (χ1v) is 38.3. The van der Waals surface area contributed by atoms with E-state index in [-0.39, 0.29) is 76.5 Å². The fourth-order valence-corrected chi connectivity index (χ4v) is 14.9. The summed E-state index contributed by atoms with van der Waals surface area (Å²) in [6.45, 7) is 14.7. The van der Waals surface area contributed by atoms with Crippen molar-refractivity contribution in [3.8, 4) is 11.5 Å². The highest BCUT2D eigenvalue weighted by Gasteiger charge is 2.49. The number of fused-ring (bicyclic) bond motifs is 2. The third kappa shape index (κ3) is 20.8. The van der Waals surface area contributed by atoms with Gasteiger partial charge in [0, 0.05) is 38.3 Å². The topological polar surface area (TPSA) is 361 Å².